The first-order valence-corrected chi connectivity index (χ1v) is 9.51. The molecule has 2 aliphatic rings. The van der Waals surface area contributed by atoms with E-state index in [1.807, 2.05) is 28.6 Å². The quantitative estimate of drug-likeness (QED) is 0.848. The molecule has 7 nitrogen and oxygen atoms in total. The molecule has 2 aromatic rings. The zero-order chi connectivity index (χ0) is 18.1. The van der Waals surface area contributed by atoms with Crippen LogP contribution in [0.1, 0.15) is 31.5 Å². The molecule has 2 aromatic heterocycles. The van der Waals surface area contributed by atoms with E-state index in [0.29, 0.717) is 25.4 Å². The Balaban J connectivity index is 1.42. The Bertz CT molecular complexity index is 804. The lowest BCUT2D eigenvalue weighted by molar-refractivity contribution is -0.137. The number of pyridine rings is 1. The summed E-state index contributed by atoms with van der Waals surface area (Å²) < 4.78 is 1.97. The van der Waals surface area contributed by atoms with Crippen LogP contribution in [0.15, 0.2) is 18.3 Å². The normalized spacial score (nSPS) is 26.1. The molecule has 4 rings (SSSR count). The van der Waals surface area contributed by atoms with Gasteiger partial charge in [0.25, 0.3) is 0 Å². The molecule has 7 heteroatoms. The van der Waals surface area contributed by atoms with Gasteiger partial charge in [0.1, 0.15) is 11.3 Å². The van der Waals surface area contributed by atoms with E-state index >= 15 is 0 Å². The molecule has 0 bridgehead atoms. The summed E-state index contributed by atoms with van der Waals surface area (Å²) in [5.74, 6) is 1.04. The van der Waals surface area contributed by atoms with Crippen LogP contribution in [0.2, 0.25) is 0 Å². The van der Waals surface area contributed by atoms with Gasteiger partial charge in [-0.25, -0.2) is 9.97 Å². The molecule has 0 spiro atoms. The maximum Gasteiger partial charge on any atom is 0.223 e. The molecule has 2 N–H and O–H groups in total. The minimum Gasteiger partial charge on any atom is -0.396 e. The largest absolute Gasteiger partial charge is 0.396 e. The zero-order valence-electron chi connectivity index (χ0n) is 15.3. The fourth-order valence-corrected chi connectivity index (χ4v) is 4.57. The molecule has 140 valence electrons. The Morgan fingerprint density at radius 1 is 1.50 bits per heavy atom. The number of likely N-dealkylation sites (tertiary alicyclic amines) is 1. The highest BCUT2D eigenvalue weighted by Gasteiger charge is 2.45. The first-order valence-electron chi connectivity index (χ1n) is 9.51. The molecule has 1 amide bonds. The van der Waals surface area contributed by atoms with Crippen molar-refractivity contribution in [1.82, 2.24) is 24.8 Å². The summed E-state index contributed by atoms with van der Waals surface area (Å²) in [4.78, 5) is 23.7. The van der Waals surface area contributed by atoms with Crippen LogP contribution < -0.4 is 5.32 Å². The molecule has 0 radical (unpaired) electrons. The molecule has 2 aliphatic heterocycles. The molecule has 0 aromatic carbocycles. The lowest BCUT2D eigenvalue weighted by Gasteiger charge is -2.50. The number of hydrogen-bond acceptors (Lipinski definition) is 5. The number of nitrogens with zero attached hydrogens (tertiary/aromatic N) is 4. The SMILES string of the molecule is Cn1c(CCC(=O)N2CC[C@H]3NCCC[C@]3(CO)C2)nc2cccnc21. The predicted octanol–water partition coefficient (Wildman–Crippen LogP) is 0.864. The van der Waals surface area contributed by atoms with Crippen LogP contribution in [0.25, 0.3) is 11.2 Å². The van der Waals surface area contributed by atoms with Crippen molar-refractivity contribution in [2.45, 2.75) is 38.1 Å². The third kappa shape index (κ3) is 2.99. The van der Waals surface area contributed by atoms with Gasteiger partial charge in [-0.05, 0) is 37.9 Å². The zero-order valence-corrected chi connectivity index (χ0v) is 15.3. The van der Waals surface area contributed by atoms with Crippen molar-refractivity contribution in [2.24, 2.45) is 12.5 Å². The van der Waals surface area contributed by atoms with Crippen molar-refractivity contribution in [2.75, 3.05) is 26.2 Å². The summed E-state index contributed by atoms with van der Waals surface area (Å²) in [7, 11) is 1.95. The number of carbonyl (C=O) groups is 1. The topological polar surface area (TPSA) is 83.3 Å². The first kappa shape index (κ1) is 17.4. The number of fused-ring (bicyclic) bond motifs is 2. The highest BCUT2D eigenvalue weighted by Crippen LogP contribution is 2.37. The van der Waals surface area contributed by atoms with Crippen LogP contribution in [0, 0.1) is 5.41 Å². The second-order valence-corrected chi connectivity index (χ2v) is 7.67. The van der Waals surface area contributed by atoms with Crippen molar-refractivity contribution in [3.05, 3.63) is 24.2 Å². The number of aryl methyl sites for hydroxylation is 2. The summed E-state index contributed by atoms with van der Waals surface area (Å²) in [6, 6.07) is 4.15. The second kappa shape index (κ2) is 6.96. The Morgan fingerprint density at radius 3 is 3.19 bits per heavy atom. The van der Waals surface area contributed by atoms with E-state index < -0.39 is 0 Å². The van der Waals surface area contributed by atoms with Crippen LogP contribution in [-0.2, 0) is 18.3 Å². The fraction of sp³-hybridized carbons (Fsp3) is 0.632. The maximum absolute atomic E-state index is 12.8. The molecule has 0 aliphatic carbocycles. The monoisotopic (exact) mass is 357 g/mol. The van der Waals surface area contributed by atoms with E-state index in [1.165, 1.54) is 0 Å². The first-order chi connectivity index (χ1) is 12.6. The summed E-state index contributed by atoms with van der Waals surface area (Å²) in [5, 5.41) is 13.5. The average Bonchev–Trinajstić information content (AvgIpc) is 3.01. The van der Waals surface area contributed by atoms with Gasteiger partial charge < -0.3 is 19.9 Å². The number of rotatable bonds is 4. The lowest BCUT2D eigenvalue weighted by atomic mass is 9.70. The molecule has 26 heavy (non-hydrogen) atoms. The van der Waals surface area contributed by atoms with Gasteiger partial charge in [-0.2, -0.15) is 0 Å². The molecule has 2 fully saturated rings. The van der Waals surface area contributed by atoms with E-state index in [-0.39, 0.29) is 17.9 Å². The van der Waals surface area contributed by atoms with E-state index in [9.17, 15) is 9.90 Å². The van der Waals surface area contributed by atoms with Crippen LogP contribution in [0.5, 0.6) is 0 Å². The number of piperidine rings is 2. The summed E-state index contributed by atoms with van der Waals surface area (Å²) in [5.41, 5.74) is 1.54. The number of aromatic nitrogens is 3. The molecular weight excluding hydrogens is 330 g/mol. The molecule has 2 atom stereocenters. The highest BCUT2D eigenvalue weighted by atomic mass is 16.3. The smallest absolute Gasteiger partial charge is 0.223 e. The van der Waals surface area contributed by atoms with Crippen LogP contribution in [0.4, 0.5) is 0 Å². The van der Waals surface area contributed by atoms with E-state index in [4.69, 9.17) is 0 Å². The summed E-state index contributed by atoms with van der Waals surface area (Å²) >= 11 is 0. The van der Waals surface area contributed by atoms with E-state index in [2.05, 4.69) is 15.3 Å². The third-order valence-electron chi connectivity index (χ3n) is 6.13. The number of carbonyl (C=O) groups excluding carboxylic acids is 1. The van der Waals surface area contributed by atoms with Gasteiger partial charge in [0.15, 0.2) is 5.65 Å². The number of hydrogen-bond donors (Lipinski definition) is 2. The summed E-state index contributed by atoms with van der Waals surface area (Å²) in [6.07, 6.45) is 5.78. The van der Waals surface area contributed by atoms with E-state index in [0.717, 1.165) is 49.3 Å². The van der Waals surface area contributed by atoms with Crippen LogP contribution in [0.3, 0.4) is 0 Å². The van der Waals surface area contributed by atoms with Crippen molar-refractivity contribution in [3.63, 3.8) is 0 Å². The Hall–Kier alpha value is -1.99. The van der Waals surface area contributed by atoms with Crippen molar-refractivity contribution in [3.8, 4) is 0 Å². The molecule has 2 saturated heterocycles. The predicted molar refractivity (Wildman–Crippen MR) is 98.6 cm³/mol. The Labute approximate surface area is 153 Å². The van der Waals surface area contributed by atoms with Gasteiger partial charge in [0.2, 0.25) is 5.91 Å². The molecule has 0 saturated carbocycles. The van der Waals surface area contributed by atoms with Crippen LogP contribution in [-0.4, -0.2) is 62.7 Å². The second-order valence-electron chi connectivity index (χ2n) is 7.67. The number of aliphatic hydroxyl groups is 1. The van der Waals surface area contributed by atoms with Crippen molar-refractivity contribution >= 4 is 17.1 Å². The minimum absolute atomic E-state index is 0.144. The van der Waals surface area contributed by atoms with Gasteiger partial charge in [0.05, 0.1) is 6.61 Å². The van der Waals surface area contributed by atoms with E-state index in [1.54, 1.807) is 6.20 Å². The van der Waals surface area contributed by atoms with Crippen molar-refractivity contribution in [1.29, 1.82) is 0 Å². The van der Waals surface area contributed by atoms with Gasteiger partial charge in [-0.3, -0.25) is 4.79 Å². The number of imidazole rings is 1. The van der Waals surface area contributed by atoms with Gasteiger partial charge >= 0.3 is 0 Å². The number of nitrogens with one attached hydrogen (secondary N) is 1. The van der Waals surface area contributed by atoms with Gasteiger partial charge in [0, 0.05) is 50.6 Å². The lowest BCUT2D eigenvalue weighted by Crippen LogP contribution is -2.62. The highest BCUT2D eigenvalue weighted by molar-refractivity contribution is 5.77. The molecule has 4 heterocycles. The Morgan fingerprint density at radius 2 is 2.38 bits per heavy atom. The van der Waals surface area contributed by atoms with Crippen molar-refractivity contribution < 1.29 is 9.90 Å². The third-order valence-corrected chi connectivity index (χ3v) is 6.13. The maximum atomic E-state index is 12.8. The summed E-state index contributed by atoms with van der Waals surface area (Å²) in [6.45, 7) is 2.58. The molecular formula is C19H27N5O2. The van der Waals surface area contributed by atoms with Gasteiger partial charge in [-0.1, -0.05) is 0 Å². The van der Waals surface area contributed by atoms with Gasteiger partial charge in [-0.15, -0.1) is 0 Å². The fourth-order valence-electron chi connectivity index (χ4n) is 4.57. The standard InChI is InChI=1S/C19H27N5O2/c1-23-16(22-14-4-2-9-21-18(14)23)5-6-17(26)24-11-7-15-19(12-24,13-25)8-3-10-20-15/h2,4,9,15,20,25H,3,5-8,10-13H2,1H3/t15-,19-/m1/s1. The molecule has 0 unspecified atom stereocenters. The number of aliphatic hydroxyl groups excluding tert-OH is 1. The number of amides is 1. The van der Waals surface area contributed by atoms with Crippen LogP contribution >= 0.6 is 0 Å². The Kier molecular flexibility index (Phi) is 4.67. The minimum atomic E-state index is -0.173. The average molecular weight is 357 g/mol.